The van der Waals surface area contributed by atoms with Crippen LogP contribution in [0.15, 0.2) is 35.9 Å². The number of hydrogen-bond acceptors (Lipinski definition) is 5. The quantitative estimate of drug-likeness (QED) is 0.246. The first-order chi connectivity index (χ1) is 14.3. The van der Waals surface area contributed by atoms with E-state index in [9.17, 15) is 17.8 Å². The van der Waals surface area contributed by atoms with Gasteiger partial charge in [0, 0.05) is 24.4 Å². The second-order valence-corrected chi connectivity index (χ2v) is 13.1. The number of rotatable bonds is 2. The lowest BCUT2D eigenvalue weighted by Gasteiger charge is -2.59. The molecule has 7 rings (SSSR count). The molecule has 2 bridgehead atoms. The lowest BCUT2D eigenvalue weighted by Crippen LogP contribution is -2.71. The normalized spacial score (nSPS) is 45.1. The molecule has 1 saturated carbocycles. The number of benzene rings is 1. The summed E-state index contributed by atoms with van der Waals surface area (Å²) < 4.78 is 40.6. The minimum atomic E-state index is -4.22. The van der Waals surface area contributed by atoms with Gasteiger partial charge < -0.3 is 9.64 Å². The summed E-state index contributed by atoms with van der Waals surface area (Å²) >= 11 is 0. The maximum absolute atomic E-state index is 13.4. The second-order valence-electron chi connectivity index (χ2n) is 9.64. The van der Waals surface area contributed by atoms with Crippen LogP contribution in [0.4, 0.5) is 5.69 Å². The maximum Gasteiger partial charge on any atom is 0.373 e. The summed E-state index contributed by atoms with van der Waals surface area (Å²) in [6, 6.07) is 8.23. The van der Waals surface area contributed by atoms with Crippen LogP contribution in [0, 0.1) is 11.8 Å². The van der Waals surface area contributed by atoms with Crippen LogP contribution in [0.1, 0.15) is 24.8 Å². The van der Waals surface area contributed by atoms with Crippen LogP contribution in [0.2, 0.25) is 0 Å². The third-order valence-corrected chi connectivity index (χ3v) is 11.2. The SMILES string of the molecule is O=C1C[C@@H]2OCC=C3C[N+]4(SS(=O)(=O)O)CC[C@@]56c7ccccc7N1[C@H]5[C@H]2[C@H]3C[C@H]64. The van der Waals surface area contributed by atoms with E-state index in [1.165, 1.54) is 11.1 Å². The highest BCUT2D eigenvalue weighted by atomic mass is 33.2. The number of ether oxygens (including phenoxy) is 1. The molecule has 1 amide bonds. The number of carbonyl (C=O) groups excluding carboxylic acids is 1. The Hall–Kier alpha value is -1.39. The zero-order chi connectivity index (χ0) is 20.5. The number of fused-ring (bicyclic) bond motifs is 2. The van der Waals surface area contributed by atoms with Crippen LogP contribution in [0.25, 0.3) is 0 Å². The van der Waals surface area contributed by atoms with E-state index in [0.717, 1.165) is 18.5 Å². The van der Waals surface area contributed by atoms with Gasteiger partial charge in [-0.3, -0.25) is 9.35 Å². The van der Waals surface area contributed by atoms with Gasteiger partial charge in [-0.2, -0.15) is 8.42 Å². The lowest BCUT2D eigenvalue weighted by molar-refractivity contribution is -0.812. The van der Waals surface area contributed by atoms with Crippen molar-refractivity contribution in [3.63, 3.8) is 0 Å². The van der Waals surface area contributed by atoms with Crippen molar-refractivity contribution in [3.8, 4) is 0 Å². The van der Waals surface area contributed by atoms with E-state index < -0.39 is 9.15 Å². The van der Waals surface area contributed by atoms with Gasteiger partial charge in [0.15, 0.2) is 0 Å². The first-order valence-corrected chi connectivity index (χ1v) is 13.3. The topological polar surface area (TPSA) is 83.9 Å². The smallest absolute Gasteiger partial charge is 0.373 e. The molecule has 6 aliphatic rings. The molecule has 1 aliphatic carbocycles. The molecular weight excluding hydrogens is 424 g/mol. The maximum atomic E-state index is 13.4. The van der Waals surface area contributed by atoms with Crippen molar-refractivity contribution in [1.82, 2.24) is 0 Å². The van der Waals surface area contributed by atoms with Gasteiger partial charge in [0.1, 0.15) is 12.6 Å². The van der Waals surface area contributed by atoms with Gasteiger partial charge in [-0.05, 0) is 23.1 Å². The van der Waals surface area contributed by atoms with Gasteiger partial charge in [-0.1, -0.05) is 24.3 Å². The van der Waals surface area contributed by atoms with Crippen molar-refractivity contribution in [1.29, 1.82) is 0 Å². The third kappa shape index (κ3) is 1.99. The molecule has 5 aliphatic heterocycles. The predicted molar refractivity (Wildman–Crippen MR) is 111 cm³/mol. The minimum Gasteiger partial charge on any atom is -0.373 e. The minimum absolute atomic E-state index is 0.00584. The Balaban J connectivity index is 1.52. The van der Waals surface area contributed by atoms with Gasteiger partial charge in [0.05, 0.1) is 37.1 Å². The van der Waals surface area contributed by atoms with Crippen molar-refractivity contribution in [3.05, 3.63) is 41.5 Å². The van der Waals surface area contributed by atoms with E-state index in [4.69, 9.17) is 4.74 Å². The zero-order valence-corrected chi connectivity index (χ0v) is 17.9. The number of para-hydroxylation sites is 1. The van der Waals surface area contributed by atoms with Crippen LogP contribution in [0.5, 0.6) is 0 Å². The summed E-state index contributed by atoms with van der Waals surface area (Å²) in [5.41, 5.74) is 3.13. The first kappa shape index (κ1) is 18.2. The van der Waals surface area contributed by atoms with E-state index in [1.54, 1.807) is 0 Å². The van der Waals surface area contributed by atoms with Crippen molar-refractivity contribution in [2.45, 2.75) is 42.9 Å². The summed E-state index contributed by atoms with van der Waals surface area (Å²) in [7, 11) is -3.51. The Bertz CT molecular complexity index is 1140. The monoisotopic (exact) mass is 447 g/mol. The van der Waals surface area contributed by atoms with Crippen LogP contribution >= 0.6 is 11.0 Å². The molecule has 9 heteroatoms. The van der Waals surface area contributed by atoms with Crippen LogP contribution in [0.3, 0.4) is 0 Å². The fraction of sp³-hybridized carbons (Fsp3) is 0.571. The van der Waals surface area contributed by atoms with E-state index in [1.807, 2.05) is 23.1 Å². The van der Waals surface area contributed by atoms with Gasteiger partial charge in [-0.25, -0.2) is 3.89 Å². The summed E-state index contributed by atoms with van der Waals surface area (Å²) in [5.74, 6) is 0.648. The Morgan fingerprint density at radius 2 is 2.13 bits per heavy atom. The summed E-state index contributed by atoms with van der Waals surface area (Å²) in [6.07, 6.45) is 4.14. The van der Waals surface area contributed by atoms with Crippen LogP contribution in [-0.4, -0.2) is 60.7 Å². The van der Waals surface area contributed by atoms with Crippen LogP contribution < -0.4 is 4.90 Å². The largest absolute Gasteiger partial charge is 0.373 e. The number of amides is 1. The van der Waals surface area contributed by atoms with Crippen molar-refractivity contribution >= 4 is 31.7 Å². The average molecular weight is 448 g/mol. The van der Waals surface area contributed by atoms with E-state index in [2.05, 4.69) is 12.1 Å². The highest BCUT2D eigenvalue weighted by molar-refractivity contribution is 8.67. The Labute approximate surface area is 178 Å². The molecule has 4 fully saturated rings. The molecule has 1 spiro atoms. The van der Waals surface area contributed by atoms with Gasteiger partial charge >= 0.3 is 9.15 Å². The molecule has 7 nitrogen and oxygen atoms in total. The number of anilines is 1. The van der Waals surface area contributed by atoms with Crippen LogP contribution in [-0.2, 0) is 24.1 Å². The van der Waals surface area contributed by atoms with Gasteiger partial charge in [0.25, 0.3) is 0 Å². The molecule has 0 aromatic heterocycles. The molecule has 1 unspecified atom stereocenters. The number of hydrogen-bond donors (Lipinski definition) is 1. The molecule has 1 aromatic rings. The van der Waals surface area contributed by atoms with Crippen molar-refractivity contribution in [2.24, 2.45) is 11.8 Å². The fourth-order valence-corrected chi connectivity index (χ4v) is 11.0. The number of carbonyl (C=O) groups is 1. The molecule has 1 N–H and O–H groups in total. The van der Waals surface area contributed by atoms with E-state index in [-0.39, 0.29) is 35.4 Å². The molecular formula is C21H23N2O5S2+. The molecule has 158 valence electrons. The molecule has 3 saturated heterocycles. The Morgan fingerprint density at radius 1 is 1.30 bits per heavy atom. The Morgan fingerprint density at radius 3 is 2.97 bits per heavy atom. The van der Waals surface area contributed by atoms with Gasteiger partial charge in [-0.15, -0.1) is 0 Å². The molecule has 5 heterocycles. The second kappa shape index (κ2) is 5.50. The molecule has 7 atom stereocenters. The lowest BCUT2D eigenvalue weighted by atomic mass is 9.53. The summed E-state index contributed by atoms with van der Waals surface area (Å²) in [6.45, 7) is 1.76. The number of quaternary nitrogens is 1. The average Bonchev–Trinajstić information content (AvgIpc) is 3.11. The summed E-state index contributed by atoms with van der Waals surface area (Å²) in [5, 5.41) is 0. The standard InChI is InChI=1S/C21H22N2O5S2/c24-18-10-16-19-13-9-17-21(14-3-1-2-4-15(14)22(18)20(19)21)6-7-23(17,29-30(25,26)27)11-12(13)5-8-28-16/h1-5,13,16-17,19-20H,6-11H2/p+1/t13-,16-,17+,19-,20-,21-,23?/m0/s1. The third-order valence-electron chi connectivity index (χ3n) is 8.74. The molecule has 1 aromatic carbocycles. The van der Waals surface area contributed by atoms with Crippen molar-refractivity contribution < 1.29 is 26.4 Å². The summed E-state index contributed by atoms with van der Waals surface area (Å²) in [4.78, 5) is 15.4. The van der Waals surface area contributed by atoms with E-state index in [0.29, 0.717) is 46.9 Å². The number of nitrogens with zero attached hydrogens (tertiary/aromatic N) is 2. The zero-order valence-electron chi connectivity index (χ0n) is 16.3. The highest BCUT2D eigenvalue weighted by Crippen LogP contribution is 2.69. The fourth-order valence-electron chi connectivity index (χ4n) is 8.07. The van der Waals surface area contributed by atoms with Crippen molar-refractivity contribution in [2.75, 3.05) is 24.6 Å². The van der Waals surface area contributed by atoms with E-state index >= 15 is 0 Å². The Kier molecular flexibility index (Phi) is 3.34. The predicted octanol–water partition coefficient (Wildman–Crippen LogP) is 2.06. The highest BCUT2D eigenvalue weighted by Gasteiger charge is 2.77. The molecule has 30 heavy (non-hydrogen) atoms. The number of piperidine rings is 2. The molecule has 0 radical (unpaired) electrons. The first-order valence-electron chi connectivity index (χ1n) is 10.6. The van der Waals surface area contributed by atoms with Gasteiger partial charge in [0.2, 0.25) is 16.9 Å².